The number of fused-ring (bicyclic) bond motifs is 1. The van der Waals surface area contributed by atoms with E-state index in [1.807, 2.05) is 42.5 Å². The average Bonchev–Trinajstić information content (AvgIpc) is 2.77. The van der Waals surface area contributed by atoms with Gasteiger partial charge in [0.1, 0.15) is 5.75 Å². The molecule has 1 aliphatic heterocycles. The Kier molecular flexibility index (Phi) is 7.89. The molecular weight excluding hydrogens is 394 g/mol. The second kappa shape index (κ2) is 10.8. The summed E-state index contributed by atoms with van der Waals surface area (Å²) in [5.41, 5.74) is 3.45. The minimum absolute atomic E-state index is 0.123. The zero-order chi connectivity index (χ0) is 22.2. The van der Waals surface area contributed by atoms with E-state index in [0.717, 1.165) is 43.0 Å². The summed E-state index contributed by atoms with van der Waals surface area (Å²) in [6.07, 6.45) is 0.565. The van der Waals surface area contributed by atoms with Gasteiger partial charge in [0.25, 0.3) is 5.91 Å². The topological polar surface area (TPSA) is 79.9 Å². The van der Waals surface area contributed by atoms with Crippen LogP contribution in [0.4, 0.5) is 11.4 Å². The summed E-state index contributed by atoms with van der Waals surface area (Å²) in [5.74, 6) is 0.289. The highest BCUT2D eigenvalue weighted by Crippen LogP contribution is 2.30. The Morgan fingerprint density at radius 1 is 1.16 bits per heavy atom. The molecule has 3 rings (SSSR count). The molecule has 1 atom stereocenters. The summed E-state index contributed by atoms with van der Waals surface area (Å²) in [6, 6.07) is 13.4. The van der Waals surface area contributed by atoms with Gasteiger partial charge < -0.3 is 25.0 Å². The van der Waals surface area contributed by atoms with Crippen LogP contribution in [0.5, 0.6) is 5.75 Å². The number of nitrogens with zero attached hydrogens (tertiary/aromatic N) is 1. The first-order chi connectivity index (χ1) is 15.0. The second-order valence-electron chi connectivity index (χ2n) is 7.51. The molecular formula is C24H31N3O4. The molecule has 2 N–H and O–H groups in total. The molecule has 7 heteroatoms. The molecule has 31 heavy (non-hydrogen) atoms. The lowest BCUT2D eigenvalue weighted by Gasteiger charge is -2.25. The standard InChI is InChI=1S/C24H31N3O4/c1-4-13-27(20-9-7-19(8-10-20)24(29)30-5-2)14-12-25-16-18-6-11-22-21(15-18)26-23(28)17(3)31-22/h6-11,15,17,25H,4-5,12-14,16H2,1-3H3,(H,26,28). The molecule has 0 fully saturated rings. The van der Waals surface area contributed by atoms with E-state index in [4.69, 9.17) is 9.47 Å². The molecule has 1 heterocycles. The smallest absolute Gasteiger partial charge is 0.338 e. The lowest BCUT2D eigenvalue weighted by Crippen LogP contribution is -2.34. The zero-order valence-corrected chi connectivity index (χ0v) is 18.4. The first kappa shape index (κ1) is 22.6. The Morgan fingerprint density at radius 3 is 2.65 bits per heavy atom. The van der Waals surface area contributed by atoms with Crippen molar-refractivity contribution in [2.75, 3.05) is 36.5 Å². The largest absolute Gasteiger partial charge is 0.479 e. The van der Waals surface area contributed by atoms with Gasteiger partial charge in [0.2, 0.25) is 0 Å². The Balaban J connectivity index is 1.52. The fourth-order valence-electron chi connectivity index (χ4n) is 3.48. The van der Waals surface area contributed by atoms with Crippen molar-refractivity contribution in [2.45, 2.75) is 39.8 Å². The molecule has 0 spiro atoms. The van der Waals surface area contributed by atoms with Crippen LogP contribution in [0.25, 0.3) is 0 Å². The van der Waals surface area contributed by atoms with E-state index in [9.17, 15) is 9.59 Å². The fraction of sp³-hybridized carbons (Fsp3) is 0.417. The summed E-state index contributed by atoms with van der Waals surface area (Å²) in [5, 5.41) is 6.35. The number of rotatable bonds is 10. The Bertz CT molecular complexity index is 898. The van der Waals surface area contributed by atoms with E-state index in [2.05, 4.69) is 22.5 Å². The van der Waals surface area contributed by atoms with Gasteiger partial charge in [0.05, 0.1) is 17.9 Å². The van der Waals surface area contributed by atoms with Crippen LogP contribution < -0.4 is 20.3 Å². The molecule has 2 aromatic carbocycles. The van der Waals surface area contributed by atoms with E-state index < -0.39 is 6.10 Å². The van der Waals surface area contributed by atoms with Crippen molar-refractivity contribution in [1.29, 1.82) is 0 Å². The van der Waals surface area contributed by atoms with Gasteiger partial charge in [0.15, 0.2) is 6.10 Å². The van der Waals surface area contributed by atoms with Gasteiger partial charge in [-0.25, -0.2) is 4.79 Å². The van der Waals surface area contributed by atoms with Crippen LogP contribution in [-0.4, -0.2) is 44.2 Å². The van der Waals surface area contributed by atoms with Gasteiger partial charge in [-0.15, -0.1) is 0 Å². The van der Waals surface area contributed by atoms with Crippen molar-refractivity contribution in [3.8, 4) is 5.75 Å². The number of anilines is 2. The Morgan fingerprint density at radius 2 is 1.94 bits per heavy atom. The van der Waals surface area contributed by atoms with Gasteiger partial charge in [-0.3, -0.25) is 4.79 Å². The predicted octanol–water partition coefficient (Wildman–Crippen LogP) is 3.59. The third-order valence-electron chi connectivity index (χ3n) is 5.10. The monoisotopic (exact) mass is 425 g/mol. The molecule has 2 aromatic rings. The average molecular weight is 426 g/mol. The van der Waals surface area contributed by atoms with Gasteiger partial charge in [-0.05, 0) is 62.2 Å². The molecule has 0 aromatic heterocycles. The molecule has 166 valence electrons. The first-order valence-electron chi connectivity index (χ1n) is 10.8. The second-order valence-corrected chi connectivity index (χ2v) is 7.51. The minimum atomic E-state index is -0.465. The summed E-state index contributed by atoms with van der Waals surface area (Å²) >= 11 is 0. The van der Waals surface area contributed by atoms with E-state index in [1.165, 1.54) is 0 Å². The van der Waals surface area contributed by atoms with Crippen molar-refractivity contribution in [3.63, 3.8) is 0 Å². The Hall–Kier alpha value is -3.06. The maximum Gasteiger partial charge on any atom is 0.338 e. The van der Waals surface area contributed by atoms with Gasteiger partial charge in [-0.2, -0.15) is 0 Å². The summed E-state index contributed by atoms with van der Waals surface area (Å²) in [7, 11) is 0. The molecule has 0 radical (unpaired) electrons. The van der Waals surface area contributed by atoms with Crippen molar-refractivity contribution >= 4 is 23.3 Å². The van der Waals surface area contributed by atoms with Crippen molar-refractivity contribution in [3.05, 3.63) is 53.6 Å². The van der Waals surface area contributed by atoms with Crippen LogP contribution >= 0.6 is 0 Å². The lowest BCUT2D eigenvalue weighted by atomic mass is 10.1. The number of nitrogens with one attached hydrogen (secondary N) is 2. The highest BCUT2D eigenvalue weighted by Gasteiger charge is 2.23. The normalized spacial score (nSPS) is 14.9. The fourth-order valence-corrected chi connectivity index (χ4v) is 3.48. The van der Waals surface area contributed by atoms with Crippen LogP contribution in [0.3, 0.4) is 0 Å². The van der Waals surface area contributed by atoms with E-state index >= 15 is 0 Å². The van der Waals surface area contributed by atoms with Crippen molar-refractivity contribution < 1.29 is 19.1 Å². The van der Waals surface area contributed by atoms with Crippen molar-refractivity contribution in [2.24, 2.45) is 0 Å². The number of carbonyl (C=O) groups is 2. The molecule has 0 saturated heterocycles. The third-order valence-corrected chi connectivity index (χ3v) is 5.10. The van der Waals surface area contributed by atoms with Crippen LogP contribution in [0, 0.1) is 0 Å². The van der Waals surface area contributed by atoms with Gasteiger partial charge in [-0.1, -0.05) is 13.0 Å². The molecule has 0 aliphatic carbocycles. The number of amides is 1. The quantitative estimate of drug-likeness (QED) is 0.447. The molecule has 0 saturated carbocycles. The molecule has 1 unspecified atom stereocenters. The summed E-state index contributed by atoms with van der Waals surface area (Å²) in [6.45, 7) is 9.33. The highest BCUT2D eigenvalue weighted by atomic mass is 16.5. The first-order valence-corrected chi connectivity index (χ1v) is 10.8. The number of carbonyl (C=O) groups excluding carboxylic acids is 2. The predicted molar refractivity (Wildman–Crippen MR) is 122 cm³/mol. The molecule has 0 bridgehead atoms. The number of benzene rings is 2. The Labute approximate surface area is 183 Å². The highest BCUT2D eigenvalue weighted by molar-refractivity contribution is 5.97. The number of hydrogen-bond donors (Lipinski definition) is 2. The number of hydrogen-bond acceptors (Lipinski definition) is 6. The van der Waals surface area contributed by atoms with Crippen LogP contribution in [0.2, 0.25) is 0 Å². The van der Waals surface area contributed by atoms with Crippen LogP contribution in [0.1, 0.15) is 43.1 Å². The SMILES string of the molecule is CCCN(CCNCc1ccc2c(c1)NC(=O)C(C)O2)c1ccc(C(=O)OCC)cc1. The van der Waals surface area contributed by atoms with E-state index in [0.29, 0.717) is 24.5 Å². The maximum atomic E-state index is 11.8. The van der Waals surface area contributed by atoms with E-state index in [-0.39, 0.29) is 11.9 Å². The number of esters is 1. The maximum absolute atomic E-state index is 11.8. The third kappa shape index (κ3) is 5.98. The molecule has 7 nitrogen and oxygen atoms in total. The molecule has 1 amide bonds. The summed E-state index contributed by atoms with van der Waals surface area (Å²) < 4.78 is 10.7. The zero-order valence-electron chi connectivity index (χ0n) is 18.4. The minimum Gasteiger partial charge on any atom is -0.479 e. The number of ether oxygens (including phenoxy) is 2. The van der Waals surface area contributed by atoms with Crippen LogP contribution in [-0.2, 0) is 16.1 Å². The van der Waals surface area contributed by atoms with Gasteiger partial charge >= 0.3 is 5.97 Å². The van der Waals surface area contributed by atoms with Crippen molar-refractivity contribution in [1.82, 2.24) is 5.32 Å². The van der Waals surface area contributed by atoms with Crippen LogP contribution in [0.15, 0.2) is 42.5 Å². The molecule has 1 aliphatic rings. The van der Waals surface area contributed by atoms with Gasteiger partial charge in [0, 0.05) is 31.9 Å². The van der Waals surface area contributed by atoms with E-state index in [1.54, 1.807) is 13.8 Å². The summed E-state index contributed by atoms with van der Waals surface area (Å²) in [4.78, 5) is 25.9. The lowest BCUT2D eigenvalue weighted by molar-refractivity contribution is -0.122.